The number of methoxy groups -OCH3 is 1. The van der Waals surface area contributed by atoms with Gasteiger partial charge in [0.25, 0.3) is 0 Å². The third-order valence-corrected chi connectivity index (χ3v) is 1.82. The van der Waals surface area contributed by atoms with Crippen molar-refractivity contribution in [2.24, 2.45) is 5.92 Å². The van der Waals surface area contributed by atoms with Crippen LogP contribution in [-0.4, -0.2) is 19.0 Å². The van der Waals surface area contributed by atoms with Crippen LogP contribution in [0.1, 0.15) is 6.92 Å². The average Bonchev–Trinajstić information content (AvgIpc) is 1.68. The van der Waals surface area contributed by atoms with Gasteiger partial charge in [-0.1, -0.05) is 22.9 Å². The largest absolute Gasteiger partial charge is 0.384 e. The van der Waals surface area contributed by atoms with E-state index in [1.165, 1.54) is 0 Å². The Balaban J connectivity index is 2.83. The topological polar surface area (TPSA) is 9.23 Å². The number of ether oxygens (including phenoxy) is 1. The lowest BCUT2D eigenvalue weighted by Gasteiger charge is -2.02. The molecule has 0 aliphatic carbocycles. The maximum absolute atomic E-state index is 4.86. The van der Waals surface area contributed by atoms with Crippen LogP contribution in [0.4, 0.5) is 0 Å². The molecule has 0 spiro atoms. The first kappa shape index (κ1) is 7.44. The maximum atomic E-state index is 4.86. The summed E-state index contributed by atoms with van der Waals surface area (Å²) in [5.74, 6) is 0.644. The molecule has 0 amide bonds. The first-order valence-electron chi connectivity index (χ1n) is 2.36. The third-order valence-electron chi connectivity index (χ3n) is 0.715. The molecule has 0 aliphatic heterocycles. The summed E-state index contributed by atoms with van der Waals surface area (Å²) in [6.45, 7) is 2.99. The van der Waals surface area contributed by atoms with Gasteiger partial charge in [-0.25, -0.2) is 0 Å². The zero-order valence-electron chi connectivity index (χ0n) is 4.78. The van der Waals surface area contributed by atoms with Crippen molar-refractivity contribution in [3.8, 4) is 0 Å². The second-order valence-electron chi connectivity index (χ2n) is 1.71. The van der Waals surface area contributed by atoms with Crippen LogP contribution in [0.2, 0.25) is 0 Å². The van der Waals surface area contributed by atoms with E-state index in [1.54, 1.807) is 7.11 Å². The van der Waals surface area contributed by atoms with Crippen LogP contribution in [0.15, 0.2) is 0 Å². The van der Waals surface area contributed by atoms with Crippen molar-refractivity contribution in [3.05, 3.63) is 0 Å². The van der Waals surface area contributed by atoms with E-state index in [1.807, 2.05) is 0 Å². The quantitative estimate of drug-likeness (QED) is 0.581. The predicted molar refractivity (Wildman–Crippen MR) is 34.8 cm³/mol. The first-order chi connectivity index (χ1) is 3.31. The number of hydrogen-bond donors (Lipinski definition) is 0. The van der Waals surface area contributed by atoms with Crippen molar-refractivity contribution in [3.63, 3.8) is 0 Å². The van der Waals surface area contributed by atoms with Gasteiger partial charge in [0.1, 0.15) is 0 Å². The van der Waals surface area contributed by atoms with Crippen LogP contribution in [0, 0.1) is 5.92 Å². The average molecular weight is 167 g/mol. The van der Waals surface area contributed by atoms with E-state index in [9.17, 15) is 0 Å². The molecule has 7 heavy (non-hydrogen) atoms. The Morgan fingerprint density at radius 3 is 2.43 bits per heavy atom. The highest BCUT2D eigenvalue weighted by atomic mass is 79.9. The van der Waals surface area contributed by atoms with E-state index in [4.69, 9.17) is 4.74 Å². The third kappa shape index (κ3) is 4.29. The molecule has 1 atom stereocenters. The minimum atomic E-state index is 0.644. The highest BCUT2D eigenvalue weighted by molar-refractivity contribution is 9.09. The van der Waals surface area contributed by atoms with E-state index < -0.39 is 0 Å². The van der Waals surface area contributed by atoms with Crippen molar-refractivity contribution in [2.75, 3.05) is 19.0 Å². The molecule has 0 aromatic heterocycles. The summed E-state index contributed by atoms with van der Waals surface area (Å²) in [5, 5.41) is 1.03. The van der Waals surface area contributed by atoms with Crippen LogP contribution in [-0.2, 0) is 4.74 Å². The molecule has 0 rings (SSSR count). The van der Waals surface area contributed by atoms with Crippen LogP contribution in [0.25, 0.3) is 0 Å². The van der Waals surface area contributed by atoms with E-state index in [0.717, 1.165) is 11.9 Å². The standard InChI is InChI=1S/C5H11BrO/c1-5(3-6)4-7-2/h5H,3-4H2,1-2H3/t5-/m1/s1. The van der Waals surface area contributed by atoms with Crippen molar-refractivity contribution in [1.82, 2.24) is 0 Å². The van der Waals surface area contributed by atoms with Gasteiger partial charge in [0.2, 0.25) is 0 Å². The zero-order chi connectivity index (χ0) is 5.70. The Bertz CT molecular complexity index is 39.1. The lowest BCUT2D eigenvalue weighted by molar-refractivity contribution is 0.169. The van der Waals surface area contributed by atoms with Gasteiger partial charge in [0.05, 0.1) is 0 Å². The molecular formula is C5H11BrO. The van der Waals surface area contributed by atoms with Gasteiger partial charge in [-0.05, 0) is 5.92 Å². The summed E-state index contributed by atoms with van der Waals surface area (Å²) in [4.78, 5) is 0. The molecule has 0 radical (unpaired) electrons. The summed E-state index contributed by atoms with van der Waals surface area (Å²) in [6.07, 6.45) is 0. The van der Waals surface area contributed by atoms with Crippen LogP contribution in [0.5, 0.6) is 0 Å². The summed E-state index contributed by atoms with van der Waals surface area (Å²) in [6, 6.07) is 0. The zero-order valence-corrected chi connectivity index (χ0v) is 6.36. The SMILES string of the molecule is COC[C@H](C)CBr. The van der Waals surface area contributed by atoms with Crippen LogP contribution in [0.3, 0.4) is 0 Å². The Morgan fingerprint density at radius 1 is 1.71 bits per heavy atom. The van der Waals surface area contributed by atoms with Gasteiger partial charge in [-0.2, -0.15) is 0 Å². The Kier molecular flexibility index (Phi) is 4.88. The van der Waals surface area contributed by atoms with E-state index in [-0.39, 0.29) is 0 Å². The maximum Gasteiger partial charge on any atom is 0.0495 e. The van der Waals surface area contributed by atoms with Crippen LogP contribution < -0.4 is 0 Å². The normalized spacial score (nSPS) is 14.1. The summed E-state index contributed by atoms with van der Waals surface area (Å²) >= 11 is 3.34. The molecule has 1 nitrogen and oxygen atoms in total. The Labute approximate surface area is 53.2 Å². The van der Waals surface area contributed by atoms with Crippen LogP contribution >= 0.6 is 15.9 Å². The number of alkyl halides is 1. The predicted octanol–water partition coefficient (Wildman–Crippen LogP) is 1.66. The molecule has 44 valence electrons. The van der Waals surface area contributed by atoms with Crippen molar-refractivity contribution < 1.29 is 4.74 Å². The molecule has 0 saturated carbocycles. The smallest absolute Gasteiger partial charge is 0.0495 e. The highest BCUT2D eigenvalue weighted by Crippen LogP contribution is 1.98. The van der Waals surface area contributed by atoms with Gasteiger partial charge in [0, 0.05) is 19.0 Å². The number of halogens is 1. The van der Waals surface area contributed by atoms with Gasteiger partial charge >= 0.3 is 0 Å². The van der Waals surface area contributed by atoms with Gasteiger partial charge in [0.15, 0.2) is 0 Å². The summed E-state index contributed by atoms with van der Waals surface area (Å²) in [7, 11) is 1.72. The lowest BCUT2D eigenvalue weighted by atomic mass is 10.2. The molecule has 0 aliphatic rings. The molecule has 0 aromatic carbocycles. The highest BCUT2D eigenvalue weighted by Gasteiger charge is 1.94. The molecule has 0 N–H and O–H groups in total. The first-order valence-corrected chi connectivity index (χ1v) is 3.48. The van der Waals surface area contributed by atoms with Gasteiger partial charge in [-0.15, -0.1) is 0 Å². The van der Waals surface area contributed by atoms with E-state index in [2.05, 4.69) is 22.9 Å². The second-order valence-corrected chi connectivity index (χ2v) is 2.36. The molecular weight excluding hydrogens is 156 g/mol. The minimum Gasteiger partial charge on any atom is -0.384 e. The molecule has 2 heteroatoms. The van der Waals surface area contributed by atoms with E-state index in [0.29, 0.717) is 5.92 Å². The fourth-order valence-corrected chi connectivity index (χ4v) is 0.516. The molecule has 0 unspecified atom stereocenters. The molecule has 0 bridgehead atoms. The molecule has 0 fully saturated rings. The number of rotatable bonds is 3. The molecule has 0 aromatic rings. The fourth-order valence-electron chi connectivity index (χ4n) is 0.329. The van der Waals surface area contributed by atoms with Gasteiger partial charge in [-0.3, -0.25) is 0 Å². The number of hydrogen-bond acceptors (Lipinski definition) is 1. The molecule has 0 heterocycles. The summed E-state index contributed by atoms with van der Waals surface area (Å²) in [5.41, 5.74) is 0. The Morgan fingerprint density at radius 2 is 2.29 bits per heavy atom. The second kappa shape index (κ2) is 4.60. The minimum absolute atomic E-state index is 0.644. The monoisotopic (exact) mass is 166 g/mol. The van der Waals surface area contributed by atoms with Crippen molar-refractivity contribution in [1.29, 1.82) is 0 Å². The summed E-state index contributed by atoms with van der Waals surface area (Å²) < 4.78 is 4.86. The molecule has 0 saturated heterocycles. The van der Waals surface area contributed by atoms with Crippen molar-refractivity contribution >= 4 is 15.9 Å². The Hall–Kier alpha value is 0.440. The fraction of sp³-hybridized carbons (Fsp3) is 1.00. The lowest BCUT2D eigenvalue weighted by Crippen LogP contribution is -2.03. The van der Waals surface area contributed by atoms with Gasteiger partial charge < -0.3 is 4.74 Å². The van der Waals surface area contributed by atoms with Crippen molar-refractivity contribution in [2.45, 2.75) is 6.92 Å². The van der Waals surface area contributed by atoms with E-state index >= 15 is 0 Å².